The average Bonchev–Trinajstić information content (AvgIpc) is 2.45. The molecule has 0 spiro atoms. The van der Waals surface area contributed by atoms with E-state index in [0.29, 0.717) is 37.3 Å². The fraction of sp³-hybridized carbons (Fsp3) is 0.429. The fourth-order valence-electron chi connectivity index (χ4n) is 2.26. The molecule has 6 heteroatoms. The first-order valence-electron chi connectivity index (χ1n) is 6.48. The van der Waals surface area contributed by atoms with Crippen molar-refractivity contribution in [1.29, 1.82) is 0 Å². The first-order valence-corrected chi connectivity index (χ1v) is 6.48. The molecule has 0 aliphatic carbocycles. The zero-order valence-electron chi connectivity index (χ0n) is 11.1. The minimum absolute atomic E-state index is 0.0966. The van der Waals surface area contributed by atoms with Gasteiger partial charge in [-0.15, -0.1) is 0 Å². The molecule has 0 saturated carbocycles. The summed E-state index contributed by atoms with van der Waals surface area (Å²) in [5.41, 5.74) is 5.61. The molecular weight excluding hydrogens is 260 g/mol. The van der Waals surface area contributed by atoms with Crippen LogP contribution in [0.2, 0.25) is 0 Å². The highest BCUT2D eigenvalue weighted by molar-refractivity contribution is 5.95. The summed E-state index contributed by atoms with van der Waals surface area (Å²) in [6.07, 6.45) is 0.805. The van der Waals surface area contributed by atoms with Crippen LogP contribution in [0.25, 0.3) is 0 Å². The van der Waals surface area contributed by atoms with Crippen molar-refractivity contribution in [3.05, 3.63) is 29.8 Å². The lowest BCUT2D eigenvalue weighted by molar-refractivity contribution is -0.154. The maximum Gasteiger partial charge on any atom is 0.311 e. The monoisotopic (exact) mass is 278 g/mol. The van der Waals surface area contributed by atoms with E-state index in [9.17, 15) is 14.7 Å². The highest BCUT2D eigenvalue weighted by Crippen LogP contribution is 2.30. The van der Waals surface area contributed by atoms with E-state index < -0.39 is 11.4 Å². The predicted octanol–water partition coefficient (Wildman–Crippen LogP) is 0.880. The summed E-state index contributed by atoms with van der Waals surface area (Å²) < 4.78 is 5.19. The number of amides is 1. The van der Waals surface area contributed by atoms with E-state index in [4.69, 9.17) is 10.5 Å². The van der Waals surface area contributed by atoms with Crippen molar-refractivity contribution < 1.29 is 19.4 Å². The highest BCUT2D eigenvalue weighted by atomic mass is 16.5. The van der Waals surface area contributed by atoms with Gasteiger partial charge < -0.3 is 20.9 Å². The number of hydrogen-bond acceptors (Lipinski definition) is 4. The van der Waals surface area contributed by atoms with Gasteiger partial charge in [-0.25, -0.2) is 0 Å². The Morgan fingerprint density at radius 1 is 1.35 bits per heavy atom. The summed E-state index contributed by atoms with van der Waals surface area (Å²) in [7, 11) is 0. The van der Waals surface area contributed by atoms with Crippen LogP contribution in [0.3, 0.4) is 0 Å². The Morgan fingerprint density at radius 3 is 2.65 bits per heavy atom. The topological polar surface area (TPSA) is 102 Å². The summed E-state index contributed by atoms with van der Waals surface area (Å²) in [5, 5.41) is 12.1. The molecule has 1 fully saturated rings. The van der Waals surface area contributed by atoms with Crippen LogP contribution < -0.4 is 11.1 Å². The molecule has 1 aromatic rings. The number of carbonyl (C=O) groups excluding carboxylic acids is 1. The number of rotatable bonds is 4. The number of carbonyl (C=O) groups is 2. The third kappa shape index (κ3) is 3.08. The molecule has 2 rings (SSSR count). The second-order valence-electron chi connectivity index (χ2n) is 5.01. The Morgan fingerprint density at radius 2 is 2.05 bits per heavy atom. The van der Waals surface area contributed by atoms with Gasteiger partial charge in [0.05, 0.1) is 5.41 Å². The number of carboxylic acid groups (broad SMARTS) is 1. The van der Waals surface area contributed by atoms with Crippen molar-refractivity contribution in [2.45, 2.75) is 12.8 Å². The molecular formula is C14H18N2O4. The summed E-state index contributed by atoms with van der Waals surface area (Å²) in [6.45, 7) is 0.903. The molecule has 1 heterocycles. The highest BCUT2D eigenvalue weighted by Gasteiger charge is 2.40. The quantitative estimate of drug-likeness (QED) is 0.710. The molecule has 4 N–H and O–H groups in total. The second-order valence-corrected chi connectivity index (χ2v) is 5.01. The number of nitrogen functional groups attached to an aromatic ring is 1. The normalized spacial score (nSPS) is 17.4. The molecule has 0 atom stereocenters. The van der Waals surface area contributed by atoms with Crippen LogP contribution in [0.1, 0.15) is 23.2 Å². The van der Waals surface area contributed by atoms with Gasteiger partial charge in [0, 0.05) is 31.0 Å². The van der Waals surface area contributed by atoms with Gasteiger partial charge in [-0.2, -0.15) is 0 Å². The number of nitrogens with two attached hydrogens (primary N) is 1. The van der Waals surface area contributed by atoms with Crippen LogP contribution in [0, 0.1) is 5.41 Å². The van der Waals surface area contributed by atoms with Crippen LogP contribution in [-0.4, -0.2) is 36.7 Å². The molecule has 1 amide bonds. The van der Waals surface area contributed by atoms with Crippen molar-refractivity contribution in [3.63, 3.8) is 0 Å². The van der Waals surface area contributed by atoms with Gasteiger partial charge in [0.2, 0.25) is 0 Å². The van der Waals surface area contributed by atoms with Crippen LogP contribution >= 0.6 is 0 Å². The number of benzene rings is 1. The summed E-state index contributed by atoms with van der Waals surface area (Å²) in [4.78, 5) is 23.5. The Kier molecular flexibility index (Phi) is 4.24. The molecule has 6 nitrogen and oxygen atoms in total. The number of nitrogens with one attached hydrogen (secondary N) is 1. The van der Waals surface area contributed by atoms with Gasteiger partial charge >= 0.3 is 5.97 Å². The average molecular weight is 278 g/mol. The lowest BCUT2D eigenvalue weighted by Crippen LogP contribution is -2.46. The van der Waals surface area contributed by atoms with E-state index >= 15 is 0 Å². The van der Waals surface area contributed by atoms with Crippen LogP contribution in [0.15, 0.2) is 24.3 Å². The lowest BCUT2D eigenvalue weighted by atomic mass is 9.80. The van der Waals surface area contributed by atoms with Gasteiger partial charge in [0.1, 0.15) is 0 Å². The number of hydrogen-bond donors (Lipinski definition) is 3. The maximum atomic E-state index is 12.0. The largest absolute Gasteiger partial charge is 0.481 e. The minimum atomic E-state index is -0.936. The first kappa shape index (κ1) is 14.3. The molecule has 0 aromatic heterocycles. The summed E-state index contributed by atoms with van der Waals surface area (Å²) >= 11 is 0. The number of ether oxygens (including phenoxy) is 1. The zero-order chi connectivity index (χ0) is 14.6. The van der Waals surface area contributed by atoms with Crippen LogP contribution in [0.5, 0.6) is 0 Å². The minimum Gasteiger partial charge on any atom is -0.481 e. The molecule has 108 valence electrons. The Hall–Kier alpha value is -2.08. The van der Waals surface area contributed by atoms with E-state index in [1.54, 1.807) is 24.3 Å². The predicted molar refractivity (Wildman–Crippen MR) is 73.3 cm³/mol. The number of anilines is 1. The lowest BCUT2D eigenvalue weighted by Gasteiger charge is -2.33. The summed E-state index contributed by atoms with van der Waals surface area (Å²) in [5.74, 6) is -1.21. The van der Waals surface area contributed by atoms with Crippen LogP contribution in [0.4, 0.5) is 5.69 Å². The van der Waals surface area contributed by atoms with Gasteiger partial charge in [-0.1, -0.05) is 6.07 Å². The van der Waals surface area contributed by atoms with E-state index in [2.05, 4.69) is 5.32 Å². The standard InChI is InChI=1S/C14H18N2O4/c15-11-3-1-2-10(8-11)12(17)16-9-14(13(18)19)4-6-20-7-5-14/h1-3,8H,4-7,9,15H2,(H,16,17)(H,18,19). The molecule has 1 aliphatic rings. The van der Waals surface area contributed by atoms with Gasteiger partial charge in [-0.3, -0.25) is 9.59 Å². The zero-order valence-corrected chi connectivity index (χ0v) is 11.1. The molecule has 1 saturated heterocycles. The molecule has 1 aliphatic heterocycles. The van der Waals surface area contributed by atoms with Crippen molar-refractivity contribution in [1.82, 2.24) is 5.32 Å². The molecule has 0 unspecified atom stereocenters. The first-order chi connectivity index (χ1) is 9.53. The van der Waals surface area contributed by atoms with Crippen molar-refractivity contribution >= 4 is 17.6 Å². The van der Waals surface area contributed by atoms with Crippen molar-refractivity contribution in [2.24, 2.45) is 5.41 Å². The SMILES string of the molecule is Nc1cccc(C(=O)NCC2(C(=O)O)CCOCC2)c1. The molecule has 1 aromatic carbocycles. The fourth-order valence-corrected chi connectivity index (χ4v) is 2.26. The Bertz CT molecular complexity index is 510. The van der Waals surface area contributed by atoms with Crippen molar-refractivity contribution in [2.75, 3.05) is 25.5 Å². The summed E-state index contributed by atoms with van der Waals surface area (Å²) in [6, 6.07) is 6.58. The Balaban J connectivity index is 2.02. The van der Waals surface area contributed by atoms with Gasteiger partial charge in [-0.05, 0) is 31.0 Å². The van der Waals surface area contributed by atoms with E-state index in [1.165, 1.54) is 0 Å². The van der Waals surface area contributed by atoms with Crippen molar-refractivity contribution in [3.8, 4) is 0 Å². The Labute approximate surface area is 116 Å². The van der Waals surface area contributed by atoms with E-state index in [0.717, 1.165) is 0 Å². The van der Waals surface area contributed by atoms with Gasteiger partial charge in [0.15, 0.2) is 0 Å². The third-order valence-electron chi connectivity index (χ3n) is 3.64. The smallest absolute Gasteiger partial charge is 0.311 e. The van der Waals surface area contributed by atoms with Crippen LogP contribution in [-0.2, 0) is 9.53 Å². The third-order valence-corrected chi connectivity index (χ3v) is 3.64. The van der Waals surface area contributed by atoms with E-state index in [1.807, 2.05) is 0 Å². The molecule has 0 bridgehead atoms. The van der Waals surface area contributed by atoms with E-state index in [-0.39, 0.29) is 12.5 Å². The molecule has 20 heavy (non-hydrogen) atoms. The number of carboxylic acids is 1. The number of aliphatic carboxylic acids is 1. The maximum absolute atomic E-state index is 12.0. The molecule has 0 radical (unpaired) electrons. The second kappa shape index (κ2) is 5.92. The van der Waals surface area contributed by atoms with Gasteiger partial charge in [0.25, 0.3) is 5.91 Å².